The number of aromatic carboxylic acids is 1. The lowest BCUT2D eigenvalue weighted by atomic mass is 9.76. The molecule has 2 aliphatic rings. The number of hydrogen-bond donors (Lipinski definition) is 3. The maximum Gasteiger partial charge on any atom is 0.336 e. The zero-order valence-corrected chi connectivity index (χ0v) is 18.8. The van der Waals surface area contributed by atoms with Crippen molar-refractivity contribution in [1.29, 1.82) is 0 Å². The van der Waals surface area contributed by atoms with Gasteiger partial charge in [0, 0.05) is 17.3 Å². The molecule has 0 saturated heterocycles. The van der Waals surface area contributed by atoms with Crippen molar-refractivity contribution in [1.82, 2.24) is 0 Å². The number of sulfonamides is 1. The third-order valence-electron chi connectivity index (χ3n) is 6.47. The minimum absolute atomic E-state index is 0.00243. The molecule has 1 aliphatic carbocycles. The first-order chi connectivity index (χ1) is 15.8. The quantitative estimate of drug-likeness (QED) is 0.448. The van der Waals surface area contributed by atoms with Crippen molar-refractivity contribution in [3.63, 3.8) is 0 Å². The summed E-state index contributed by atoms with van der Waals surface area (Å²) < 4.78 is 28.8. The Kier molecular flexibility index (Phi) is 5.21. The number of carboxylic acid groups (broad SMARTS) is 1. The largest absolute Gasteiger partial charge is 0.478 e. The number of fused-ring (bicyclic) bond motifs is 3. The molecule has 0 amide bonds. The molecule has 3 aromatic rings. The Labute approximate surface area is 193 Å². The lowest BCUT2D eigenvalue weighted by molar-refractivity contribution is 0.0694. The van der Waals surface area contributed by atoms with Gasteiger partial charge in [0.15, 0.2) is 0 Å². The van der Waals surface area contributed by atoms with Gasteiger partial charge in [0.2, 0.25) is 0 Å². The van der Waals surface area contributed by atoms with E-state index in [4.69, 9.17) is 0 Å². The topological polar surface area (TPSA) is 95.5 Å². The molecule has 0 saturated carbocycles. The molecule has 3 N–H and O–H groups in total. The fraction of sp³-hybridized carbons (Fsp3) is 0.192. The Morgan fingerprint density at radius 3 is 2.55 bits per heavy atom. The highest BCUT2D eigenvalue weighted by molar-refractivity contribution is 7.92. The van der Waals surface area contributed by atoms with E-state index < -0.39 is 16.0 Å². The van der Waals surface area contributed by atoms with E-state index in [1.54, 1.807) is 42.5 Å². The summed E-state index contributed by atoms with van der Waals surface area (Å²) in [5.74, 6) is -0.854. The minimum Gasteiger partial charge on any atom is -0.478 e. The molecule has 1 heterocycles. The van der Waals surface area contributed by atoms with E-state index in [9.17, 15) is 18.3 Å². The molecule has 0 fully saturated rings. The number of allylic oxidation sites excluding steroid dienone is 2. The number of hydrogen-bond acceptors (Lipinski definition) is 4. The van der Waals surface area contributed by atoms with Crippen LogP contribution in [0.4, 0.5) is 11.4 Å². The van der Waals surface area contributed by atoms with E-state index in [0.29, 0.717) is 5.69 Å². The zero-order valence-electron chi connectivity index (χ0n) is 18.0. The number of nitrogens with one attached hydrogen (secondary N) is 2. The van der Waals surface area contributed by atoms with Gasteiger partial charge < -0.3 is 10.4 Å². The Balaban J connectivity index is 1.51. The van der Waals surface area contributed by atoms with Crippen molar-refractivity contribution in [2.24, 2.45) is 5.92 Å². The molecular weight excluding hydrogens is 436 g/mol. The van der Waals surface area contributed by atoms with Gasteiger partial charge in [0.25, 0.3) is 10.0 Å². The molecule has 6 nitrogen and oxygen atoms in total. The Bertz CT molecular complexity index is 1360. The predicted molar refractivity (Wildman–Crippen MR) is 128 cm³/mol. The van der Waals surface area contributed by atoms with Gasteiger partial charge in [0.1, 0.15) is 0 Å². The van der Waals surface area contributed by atoms with Crippen LogP contribution in [0.2, 0.25) is 0 Å². The molecule has 0 spiro atoms. The van der Waals surface area contributed by atoms with Crippen LogP contribution in [0, 0.1) is 12.8 Å². The van der Waals surface area contributed by atoms with Gasteiger partial charge in [0.05, 0.1) is 16.5 Å². The number of rotatable bonds is 5. The summed E-state index contributed by atoms with van der Waals surface area (Å²) in [6.07, 6.45) is 4.98. The molecule has 5 rings (SSSR count). The average molecular weight is 461 g/mol. The maximum atomic E-state index is 13.1. The van der Waals surface area contributed by atoms with Crippen LogP contribution in [0.5, 0.6) is 0 Å². The molecule has 168 valence electrons. The standard InChI is InChI=1S/C26H24N2O4S/c1-16-9-11-17(12-10-16)28-33(31,32)18-13-14-24-23(15-18)19-7-4-8-20(19)25(27-24)21-5-2-3-6-22(21)26(29)30/h2-7,9-15,19-20,25,27-28H,8H2,1H3,(H,29,30)/t19-,20+,25-/m0/s1. The molecule has 3 atom stereocenters. The lowest BCUT2D eigenvalue weighted by Gasteiger charge is -2.38. The molecule has 3 aromatic carbocycles. The van der Waals surface area contributed by atoms with Crippen LogP contribution in [-0.4, -0.2) is 19.5 Å². The number of carboxylic acids is 1. The van der Waals surface area contributed by atoms with E-state index in [-0.39, 0.29) is 28.3 Å². The van der Waals surface area contributed by atoms with Gasteiger partial charge in [-0.3, -0.25) is 4.72 Å². The van der Waals surface area contributed by atoms with Crippen molar-refractivity contribution in [2.75, 3.05) is 10.0 Å². The van der Waals surface area contributed by atoms with Gasteiger partial charge in [-0.25, -0.2) is 13.2 Å². The molecule has 0 aromatic heterocycles. The first kappa shape index (κ1) is 21.3. The Morgan fingerprint density at radius 1 is 1.03 bits per heavy atom. The molecule has 0 bridgehead atoms. The molecule has 1 aliphatic heterocycles. The first-order valence-corrected chi connectivity index (χ1v) is 12.3. The van der Waals surface area contributed by atoms with Crippen LogP contribution >= 0.6 is 0 Å². The number of anilines is 2. The summed E-state index contributed by atoms with van der Waals surface area (Å²) in [5.41, 5.74) is 4.32. The highest BCUT2D eigenvalue weighted by Gasteiger charge is 2.39. The maximum absolute atomic E-state index is 13.1. The van der Waals surface area contributed by atoms with Crippen LogP contribution in [0.25, 0.3) is 0 Å². The number of benzene rings is 3. The monoisotopic (exact) mass is 460 g/mol. The molecular formula is C26H24N2O4S. The van der Waals surface area contributed by atoms with Gasteiger partial charge in [-0.1, -0.05) is 48.0 Å². The van der Waals surface area contributed by atoms with Gasteiger partial charge in [-0.05, 0) is 66.8 Å². The van der Waals surface area contributed by atoms with Crippen molar-refractivity contribution >= 4 is 27.4 Å². The Hall–Kier alpha value is -3.58. The number of carbonyl (C=O) groups is 1. The first-order valence-electron chi connectivity index (χ1n) is 10.8. The average Bonchev–Trinajstić information content (AvgIpc) is 3.30. The third-order valence-corrected chi connectivity index (χ3v) is 7.85. The van der Waals surface area contributed by atoms with E-state index in [1.165, 1.54) is 0 Å². The molecule has 33 heavy (non-hydrogen) atoms. The lowest BCUT2D eigenvalue weighted by Crippen LogP contribution is -2.30. The molecule has 0 unspecified atom stereocenters. The summed E-state index contributed by atoms with van der Waals surface area (Å²) in [6, 6.07) is 19.2. The normalized spacial score (nSPS) is 21.1. The van der Waals surface area contributed by atoms with Crippen molar-refractivity contribution < 1.29 is 18.3 Å². The van der Waals surface area contributed by atoms with E-state index in [2.05, 4.69) is 22.2 Å². The highest BCUT2D eigenvalue weighted by Crippen LogP contribution is 2.50. The summed E-state index contributed by atoms with van der Waals surface area (Å²) >= 11 is 0. The van der Waals surface area contributed by atoms with Crippen LogP contribution in [0.15, 0.2) is 83.8 Å². The fourth-order valence-corrected chi connectivity index (χ4v) is 5.94. The summed E-state index contributed by atoms with van der Waals surface area (Å²) in [6.45, 7) is 1.95. The van der Waals surface area contributed by atoms with Gasteiger partial charge in [-0.15, -0.1) is 0 Å². The fourth-order valence-electron chi connectivity index (χ4n) is 4.85. The van der Waals surface area contributed by atoms with Crippen LogP contribution in [0.3, 0.4) is 0 Å². The molecule has 0 radical (unpaired) electrons. The second kappa shape index (κ2) is 8.08. The van der Waals surface area contributed by atoms with Crippen molar-refractivity contribution in [3.8, 4) is 0 Å². The smallest absolute Gasteiger partial charge is 0.336 e. The second-order valence-corrected chi connectivity index (χ2v) is 10.3. The summed E-state index contributed by atoms with van der Waals surface area (Å²) in [7, 11) is -3.75. The Morgan fingerprint density at radius 2 is 1.79 bits per heavy atom. The molecule has 7 heteroatoms. The van der Waals surface area contributed by atoms with Gasteiger partial charge in [-0.2, -0.15) is 0 Å². The minimum atomic E-state index is -3.75. The SMILES string of the molecule is Cc1ccc(NS(=O)(=O)c2ccc3c(c2)[C@H]2C=CC[C@H]2[C@@H](c2ccccc2C(=O)O)N3)cc1. The highest BCUT2D eigenvalue weighted by atomic mass is 32.2. The van der Waals surface area contributed by atoms with E-state index in [1.807, 2.05) is 31.2 Å². The van der Waals surface area contributed by atoms with E-state index >= 15 is 0 Å². The van der Waals surface area contributed by atoms with Crippen molar-refractivity contribution in [3.05, 3.63) is 101 Å². The third kappa shape index (κ3) is 3.89. The number of aryl methyl sites for hydroxylation is 1. The van der Waals surface area contributed by atoms with Crippen molar-refractivity contribution in [2.45, 2.75) is 30.2 Å². The predicted octanol–water partition coefficient (Wildman–Crippen LogP) is 5.32. The van der Waals surface area contributed by atoms with Gasteiger partial charge >= 0.3 is 5.97 Å². The van der Waals surface area contributed by atoms with E-state index in [0.717, 1.165) is 28.8 Å². The van der Waals surface area contributed by atoms with Crippen LogP contribution in [-0.2, 0) is 10.0 Å². The second-order valence-electron chi connectivity index (χ2n) is 8.59. The zero-order chi connectivity index (χ0) is 23.2. The van der Waals surface area contributed by atoms with Crippen LogP contribution < -0.4 is 10.0 Å². The van der Waals surface area contributed by atoms with Crippen LogP contribution in [0.1, 0.15) is 45.4 Å². The summed E-state index contributed by atoms with van der Waals surface area (Å²) in [5, 5.41) is 13.2. The summed E-state index contributed by atoms with van der Waals surface area (Å²) in [4.78, 5) is 12.0.